The van der Waals surface area contributed by atoms with Crippen LogP contribution in [0.3, 0.4) is 0 Å². The Morgan fingerprint density at radius 3 is 2.46 bits per heavy atom. The SMILES string of the molecule is Cc1ccc(Nc2ccc(C(=O)Nc3cccc(Br)c3)cn2)cc1. The second kappa shape index (κ2) is 7.27. The van der Waals surface area contributed by atoms with Gasteiger partial charge in [0.1, 0.15) is 5.82 Å². The summed E-state index contributed by atoms with van der Waals surface area (Å²) in [4.78, 5) is 16.5. The molecule has 0 saturated heterocycles. The Morgan fingerprint density at radius 1 is 1.00 bits per heavy atom. The number of aryl methyl sites for hydroxylation is 1. The molecule has 0 fully saturated rings. The number of benzene rings is 2. The summed E-state index contributed by atoms with van der Waals surface area (Å²) in [5.74, 6) is 0.500. The van der Waals surface area contributed by atoms with Crippen molar-refractivity contribution in [3.63, 3.8) is 0 Å². The van der Waals surface area contributed by atoms with Crippen LogP contribution in [0.4, 0.5) is 17.2 Å². The summed E-state index contributed by atoms with van der Waals surface area (Å²) in [5, 5.41) is 6.05. The van der Waals surface area contributed by atoms with E-state index in [-0.39, 0.29) is 5.91 Å². The highest BCUT2D eigenvalue weighted by atomic mass is 79.9. The molecule has 0 aliphatic heterocycles. The van der Waals surface area contributed by atoms with Crippen LogP contribution in [0.5, 0.6) is 0 Å². The molecule has 0 atom stereocenters. The van der Waals surface area contributed by atoms with Gasteiger partial charge in [0.05, 0.1) is 5.56 Å². The van der Waals surface area contributed by atoms with Gasteiger partial charge in [-0.05, 0) is 49.4 Å². The predicted molar refractivity (Wildman–Crippen MR) is 101 cm³/mol. The van der Waals surface area contributed by atoms with Gasteiger partial charge in [0.25, 0.3) is 5.91 Å². The monoisotopic (exact) mass is 381 g/mol. The molecule has 1 heterocycles. The molecule has 4 nitrogen and oxygen atoms in total. The van der Waals surface area contributed by atoms with Crippen molar-refractivity contribution in [2.75, 3.05) is 10.6 Å². The summed E-state index contributed by atoms with van der Waals surface area (Å²) in [6, 6.07) is 19.0. The summed E-state index contributed by atoms with van der Waals surface area (Å²) >= 11 is 3.38. The number of hydrogen-bond acceptors (Lipinski definition) is 3. The maximum atomic E-state index is 12.2. The summed E-state index contributed by atoms with van der Waals surface area (Å²) < 4.78 is 0.913. The van der Waals surface area contributed by atoms with Crippen molar-refractivity contribution >= 4 is 39.0 Å². The van der Waals surface area contributed by atoms with Crippen LogP contribution in [-0.2, 0) is 0 Å². The van der Waals surface area contributed by atoms with Gasteiger partial charge in [0.15, 0.2) is 0 Å². The summed E-state index contributed by atoms with van der Waals surface area (Å²) in [6.07, 6.45) is 1.56. The van der Waals surface area contributed by atoms with Gasteiger partial charge in [0, 0.05) is 22.0 Å². The Bertz CT molecular complexity index is 845. The van der Waals surface area contributed by atoms with Crippen LogP contribution >= 0.6 is 15.9 Å². The van der Waals surface area contributed by atoms with Crippen LogP contribution in [0.2, 0.25) is 0 Å². The van der Waals surface area contributed by atoms with E-state index < -0.39 is 0 Å². The molecule has 0 saturated carbocycles. The quantitative estimate of drug-likeness (QED) is 0.656. The van der Waals surface area contributed by atoms with E-state index in [0.29, 0.717) is 11.4 Å². The van der Waals surface area contributed by atoms with E-state index in [2.05, 4.69) is 31.5 Å². The number of carbonyl (C=O) groups excluding carboxylic acids is 1. The number of halogens is 1. The van der Waals surface area contributed by atoms with Crippen molar-refractivity contribution in [1.82, 2.24) is 4.98 Å². The van der Waals surface area contributed by atoms with Crippen molar-refractivity contribution in [2.45, 2.75) is 6.92 Å². The molecule has 2 aromatic carbocycles. The fourth-order valence-electron chi connectivity index (χ4n) is 2.16. The molecule has 24 heavy (non-hydrogen) atoms. The summed E-state index contributed by atoms with van der Waals surface area (Å²) in [7, 11) is 0. The lowest BCUT2D eigenvalue weighted by Crippen LogP contribution is -2.12. The third-order valence-electron chi connectivity index (χ3n) is 3.43. The van der Waals surface area contributed by atoms with Gasteiger partial charge in [-0.3, -0.25) is 4.79 Å². The maximum Gasteiger partial charge on any atom is 0.257 e. The van der Waals surface area contributed by atoms with Crippen molar-refractivity contribution in [3.05, 3.63) is 82.5 Å². The van der Waals surface area contributed by atoms with Gasteiger partial charge in [-0.15, -0.1) is 0 Å². The van der Waals surface area contributed by atoms with Crippen molar-refractivity contribution in [3.8, 4) is 0 Å². The van der Waals surface area contributed by atoms with Crippen LogP contribution in [0.1, 0.15) is 15.9 Å². The number of nitrogens with one attached hydrogen (secondary N) is 2. The van der Waals surface area contributed by atoms with E-state index >= 15 is 0 Å². The number of carbonyl (C=O) groups is 1. The van der Waals surface area contributed by atoms with Gasteiger partial charge in [-0.25, -0.2) is 4.98 Å². The first-order chi connectivity index (χ1) is 11.6. The van der Waals surface area contributed by atoms with Crippen molar-refractivity contribution < 1.29 is 4.79 Å². The number of nitrogens with zero attached hydrogens (tertiary/aromatic N) is 1. The molecule has 0 radical (unpaired) electrons. The minimum atomic E-state index is -0.192. The number of pyridine rings is 1. The molecule has 0 spiro atoms. The largest absolute Gasteiger partial charge is 0.340 e. The minimum Gasteiger partial charge on any atom is -0.340 e. The third-order valence-corrected chi connectivity index (χ3v) is 3.93. The first-order valence-electron chi connectivity index (χ1n) is 7.47. The molecule has 1 aromatic heterocycles. The fourth-order valence-corrected chi connectivity index (χ4v) is 2.56. The van der Waals surface area contributed by atoms with Gasteiger partial charge >= 0.3 is 0 Å². The third kappa shape index (κ3) is 4.20. The molecule has 120 valence electrons. The second-order valence-corrected chi connectivity index (χ2v) is 6.30. The Hall–Kier alpha value is -2.66. The van der Waals surface area contributed by atoms with Gasteiger partial charge in [-0.2, -0.15) is 0 Å². The number of aromatic nitrogens is 1. The first kappa shape index (κ1) is 16.2. The second-order valence-electron chi connectivity index (χ2n) is 5.39. The highest BCUT2D eigenvalue weighted by Crippen LogP contribution is 2.18. The normalized spacial score (nSPS) is 10.2. The zero-order valence-electron chi connectivity index (χ0n) is 13.1. The molecular formula is C19H16BrN3O. The molecule has 5 heteroatoms. The average molecular weight is 382 g/mol. The topological polar surface area (TPSA) is 54.0 Å². The molecule has 0 aliphatic carbocycles. The van der Waals surface area contributed by atoms with Gasteiger partial charge < -0.3 is 10.6 Å². The Kier molecular flexibility index (Phi) is 4.91. The lowest BCUT2D eigenvalue weighted by molar-refractivity contribution is 0.102. The van der Waals surface area contributed by atoms with Crippen LogP contribution in [0.15, 0.2) is 71.3 Å². The van der Waals surface area contributed by atoms with Crippen LogP contribution in [0, 0.1) is 6.92 Å². The fraction of sp³-hybridized carbons (Fsp3) is 0.0526. The van der Waals surface area contributed by atoms with Crippen molar-refractivity contribution in [2.24, 2.45) is 0 Å². The highest BCUT2D eigenvalue weighted by Gasteiger charge is 2.07. The van der Waals surface area contributed by atoms with E-state index in [0.717, 1.165) is 15.8 Å². The Labute approximate surface area is 149 Å². The predicted octanol–water partition coefficient (Wildman–Crippen LogP) is 5.15. The molecular weight excluding hydrogens is 366 g/mol. The zero-order valence-corrected chi connectivity index (χ0v) is 14.7. The Balaban J connectivity index is 1.67. The standard InChI is InChI=1S/C19H16BrN3O/c1-13-5-8-16(9-6-13)22-18-10-7-14(12-21-18)19(24)23-17-4-2-3-15(20)11-17/h2-12H,1H3,(H,21,22)(H,23,24). The summed E-state index contributed by atoms with van der Waals surface area (Å²) in [6.45, 7) is 2.04. The van der Waals surface area contributed by atoms with Gasteiger partial charge in [-0.1, -0.05) is 39.7 Å². The van der Waals surface area contributed by atoms with Crippen LogP contribution in [0.25, 0.3) is 0 Å². The van der Waals surface area contributed by atoms with E-state index in [1.54, 1.807) is 18.3 Å². The lowest BCUT2D eigenvalue weighted by atomic mass is 10.2. The molecule has 2 N–H and O–H groups in total. The van der Waals surface area contributed by atoms with E-state index in [9.17, 15) is 4.79 Å². The van der Waals surface area contributed by atoms with E-state index in [1.165, 1.54) is 5.56 Å². The molecule has 3 aromatic rings. The zero-order chi connectivity index (χ0) is 16.9. The van der Waals surface area contributed by atoms with E-state index in [1.807, 2.05) is 55.5 Å². The highest BCUT2D eigenvalue weighted by molar-refractivity contribution is 9.10. The lowest BCUT2D eigenvalue weighted by Gasteiger charge is -2.08. The summed E-state index contributed by atoms with van der Waals surface area (Å²) in [5.41, 5.74) is 3.40. The number of hydrogen-bond donors (Lipinski definition) is 2. The molecule has 0 aliphatic rings. The van der Waals surface area contributed by atoms with E-state index in [4.69, 9.17) is 0 Å². The first-order valence-corrected chi connectivity index (χ1v) is 8.26. The molecule has 3 rings (SSSR count). The van der Waals surface area contributed by atoms with Crippen LogP contribution in [-0.4, -0.2) is 10.9 Å². The molecule has 0 unspecified atom stereocenters. The maximum absolute atomic E-state index is 12.2. The minimum absolute atomic E-state index is 0.192. The van der Waals surface area contributed by atoms with Gasteiger partial charge in [0.2, 0.25) is 0 Å². The Morgan fingerprint density at radius 2 is 1.79 bits per heavy atom. The number of anilines is 3. The number of amides is 1. The average Bonchev–Trinajstić information content (AvgIpc) is 2.57. The molecule has 0 bridgehead atoms. The smallest absolute Gasteiger partial charge is 0.257 e. The van der Waals surface area contributed by atoms with Crippen LogP contribution < -0.4 is 10.6 Å². The number of rotatable bonds is 4. The van der Waals surface area contributed by atoms with Crippen molar-refractivity contribution in [1.29, 1.82) is 0 Å². The molecule has 1 amide bonds.